The van der Waals surface area contributed by atoms with Gasteiger partial charge in [0.25, 0.3) is 0 Å². The van der Waals surface area contributed by atoms with Gasteiger partial charge < -0.3 is 5.32 Å². The molecule has 4 heteroatoms. The molecule has 1 aromatic rings. The van der Waals surface area contributed by atoms with E-state index in [0.29, 0.717) is 5.41 Å². The second kappa shape index (κ2) is 7.64. The lowest BCUT2D eigenvalue weighted by Crippen LogP contribution is -2.35. The molecule has 1 aliphatic carbocycles. The number of aromatic nitrogens is 2. The molecule has 0 unspecified atom stereocenters. The van der Waals surface area contributed by atoms with E-state index in [4.69, 9.17) is 11.6 Å². The van der Waals surface area contributed by atoms with Crippen LogP contribution in [0.15, 0.2) is 0 Å². The number of nitrogens with zero attached hydrogens (tertiary/aromatic N) is 2. The molecule has 0 amide bonds. The number of hydrogen-bond acceptors (Lipinski definition) is 2. The maximum Gasteiger partial charge on any atom is 0.0850 e. The highest BCUT2D eigenvalue weighted by atomic mass is 35.5. The van der Waals surface area contributed by atoms with Crippen molar-refractivity contribution in [2.45, 2.75) is 72.3 Å². The SMILES string of the molecule is CCCNCC1(Cc2c(Cl)c(CC)nn2CC)CCCC1. The van der Waals surface area contributed by atoms with Crippen LogP contribution in [-0.4, -0.2) is 22.9 Å². The largest absolute Gasteiger partial charge is 0.316 e. The molecule has 0 aromatic carbocycles. The van der Waals surface area contributed by atoms with E-state index in [-0.39, 0.29) is 0 Å². The maximum atomic E-state index is 6.61. The molecule has 1 aliphatic rings. The summed E-state index contributed by atoms with van der Waals surface area (Å²) in [6.45, 7) is 9.66. The summed E-state index contributed by atoms with van der Waals surface area (Å²) >= 11 is 6.61. The van der Waals surface area contributed by atoms with E-state index in [0.717, 1.165) is 43.2 Å². The third-order valence-corrected chi connectivity index (χ3v) is 5.26. The fourth-order valence-corrected chi connectivity index (χ4v) is 3.95. The Bertz CT molecular complexity index is 447. The summed E-state index contributed by atoms with van der Waals surface area (Å²) in [5.74, 6) is 0. The molecule has 0 bridgehead atoms. The molecule has 1 N–H and O–H groups in total. The van der Waals surface area contributed by atoms with Crippen molar-refractivity contribution in [3.63, 3.8) is 0 Å². The first-order valence-corrected chi connectivity index (χ1v) is 8.98. The van der Waals surface area contributed by atoms with Crippen LogP contribution in [0.4, 0.5) is 0 Å². The predicted molar refractivity (Wildman–Crippen MR) is 90.1 cm³/mol. The zero-order valence-electron chi connectivity index (χ0n) is 13.8. The molecule has 1 aromatic heterocycles. The zero-order valence-corrected chi connectivity index (χ0v) is 14.6. The van der Waals surface area contributed by atoms with Gasteiger partial charge in [0, 0.05) is 13.1 Å². The molecule has 0 spiro atoms. The van der Waals surface area contributed by atoms with Crippen LogP contribution in [0.2, 0.25) is 5.02 Å². The van der Waals surface area contributed by atoms with Crippen LogP contribution >= 0.6 is 11.6 Å². The standard InChI is InChI=1S/C17H30ClN3/c1-4-11-19-13-17(9-7-8-10-17)12-15-16(18)14(5-2)20-21(15)6-3/h19H,4-13H2,1-3H3. The highest BCUT2D eigenvalue weighted by molar-refractivity contribution is 6.31. The first-order chi connectivity index (χ1) is 10.2. The van der Waals surface area contributed by atoms with Crippen LogP contribution in [0.25, 0.3) is 0 Å². The van der Waals surface area contributed by atoms with Crippen LogP contribution < -0.4 is 5.32 Å². The van der Waals surface area contributed by atoms with Crippen molar-refractivity contribution in [3.05, 3.63) is 16.4 Å². The third-order valence-electron chi connectivity index (χ3n) is 4.83. The van der Waals surface area contributed by atoms with Crippen molar-refractivity contribution in [2.24, 2.45) is 5.41 Å². The molecule has 120 valence electrons. The number of rotatable bonds is 8. The van der Waals surface area contributed by atoms with Crippen molar-refractivity contribution in [3.8, 4) is 0 Å². The Kier molecular flexibility index (Phi) is 6.12. The van der Waals surface area contributed by atoms with E-state index in [1.165, 1.54) is 37.8 Å². The Morgan fingerprint density at radius 3 is 2.52 bits per heavy atom. The molecule has 2 rings (SSSR count). The molecule has 0 saturated heterocycles. The van der Waals surface area contributed by atoms with E-state index in [9.17, 15) is 0 Å². The zero-order chi connectivity index (χ0) is 15.3. The number of nitrogens with one attached hydrogen (secondary N) is 1. The van der Waals surface area contributed by atoms with Crippen LogP contribution in [-0.2, 0) is 19.4 Å². The Morgan fingerprint density at radius 1 is 1.24 bits per heavy atom. The van der Waals surface area contributed by atoms with Crippen molar-refractivity contribution in [2.75, 3.05) is 13.1 Å². The van der Waals surface area contributed by atoms with Gasteiger partial charge in [0.05, 0.1) is 16.4 Å². The molecule has 1 heterocycles. The normalized spacial score (nSPS) is 17.5. The van der Waals surface area contributed by atoms with Crippen molar-refractivity contribution in [1.29, 1.82) is 0 Å². The topological polar surface area (TPSA) is 29.9 Å². The summed E-state index contributed by atoms with van der Waals surface area (Å²) in [6.07, 6.45) is 8.53. The minimum atomic E-state index is 0.386. The summed E-state index contributed by atoms with van der Waals surface area (Å²) < 4.78 is 2.13. The number of hydrogen-bond donors (Lipinski definition) is 1. The number of halogens is 1. The lowest BCUT2D eigenvalue weighted by molar-refractivity contribution is 0.271. The number of aryl methyl sites for hydroxylation is 2. The fraction of sp³-hybridized carbons (Fsp3) is 0.824. The fourth-order valence-electron chi connectivity index (χ4n) is 3.61. The molecule has 0 aliphatic heterocycles. The summed E-state index contributed by atoms with van der Waals surface area (Å²) in [6, 6.07) is 0. The quantitative estimate of drug-likeness (QED) is 0.728. The van der Waals surface area contributed by atoms with Gasteiger partial charge in [0.1, 0.15) is 0 Å². The van der Waals surface area contributed by atoms with E-state index in [1.54, 1.807) is 0 Å². The van der Waals surface area contributed by atoms with E-state index in [2.05, 4.69) is 35.9 Å². The molecule has 1 saturated carbocycles. The van der Waals surface area contributed by atoms with Gasteiger partial charge in [-0.15, -0.1) is 0 Å². The van der Waals surface area contributed by atoms with Crippen molar-refractivity contribution in [1.82, 2.24) is 15.1 Å². The predicted octanol–water partition coefficient (Wildman–Crippen LogP) is 4.22. The first-order valence-electron chi connectivity index (χ1n) is 8.60. The van der Waals surface area contributed by atoms with Gasteiger partial charge in [-0.3, -0.25) is 4.68 Å². The third kappa shape index (κ3) is 3.81. The van der Waals surface area contributed by atoms with Gasteiger partial charge >= 0.3 is 0 Å². The lowest BCUT2D eigenvalue weighted by Gasteiger charge is -2.30. The Morgan fingerprint density at radius 2 is 1.95 bits per heavy atom. The monoisotopic (exact) mass is 311 g/mol. The van der Waals surface area contributed by atoms with Gasteiger partial charge in [0.15, 0.2) is 0 Å². The van der Waals surface area contributed by atoms with E-state index >= 15 is 0 Å². The molecular formula is C17H30ClN3. The van der Waals surface area contributed by atoms with Crippen LogP contribution in [0.5, 0.6) is 0 Å². The van der Waals surface area contributed by atoms with E-state index in [1.807, 2.05) is 0 Å². The smallest absolute Gasteiger partial charge is 0.0850 e. The first kappa shape index (κ1) is 16.8. The second-order valence-corrected chi connectivity index (χ2v) is 6.82. The second-order valence-electron chi connectivity index (χ2n) is 6.44. The van der Waals surface area contributed by atoms with Gasteiger partial charge in [-0.25, -0.2) is 0 Å². The maximum absolute atomic E-state index is 6.61. The minimum Gasteiger partial charge on any atom is -0.316 e. The molecule has 0 atom stereocenters. The highest BCUT2D eigenvalue weighted by Gasteiger charge is 2.35. The van der Waals surface area contributed by atoms with Crippen molar-refractivity contribution >= 4 is 11.6 Å². The average Bonchev–Trinajstić information content (AvgIpc) is 3.06. The van der Waals surface area contributed by atoms with Crippen molar-refractivity contribution < 1.29 is 0 Å². The van der Waals surface area contributed by atoms with Gasteiger partial charge in [0.2, 0.25) is 0 Å². The highest BCUT2D eigenvalue weighted by Crippen LogP contribution is 2.42. The van der Waals surface area contributed by atoms with E-state index < -0.39 is 0 Å². The average molecular weight is 312 g/mol. The summed E-state index contributed by atoms with van der Waals surface area (Å²) in [4.78, 5) is 0. The summed E-state index contributed by atoms with van der Waals surface area (Å²) in [7, 11) is 0. The molecular weight excluding hydrogens is 282 g/mol. The van der Waals surface area contributed by atoms with Gasteiger partial charge in [-0.2, -0.15) is 5.10 Å². The Labute approximate surface area is 134 Å². The molecule has 3 nitrogen and oxygen atoms in total. The van der Waals surface area contributed by atoms with Crippen LogP contribution in [0.3, 0.4) is 0 Å². The lowest BCUT2D eigenvalue weighted by atomic mass is 9.81. The van der Waals surface area contributed by atoms with Gasteiger partial charge in [-0.05, 0) is 51.0 Å². The molecule has 1 fully saturated rings. The van der Waals surface area contributed by atoms with Crippen LogP contribution in [0, 0.1) is 5.41 Å². The Balaban J connectivity index is 2.18. The summed E-state index contributed by atoms with van der Waals surface area (Å²) in [5.41, 5.74) is 2.70. The Hall–Kier alpha value is -0.540. The molecule has 0 radical (unpaired) electrons. The van der Waals surface area contributed by atoms with Gasteiger partial charge in [-0.1, -0.05) is 38.3 Å². The summed E-state index contributed by atoms with van der Waals surface area (Å²) in [5, 5.41) is 9.24. The minimum absolute atomic E-state index is 0.386. The molecule has 21 heavy (non-hydrogen) atoms. The van der Waals surface area contributed by atoms with Crippen LogP contribution in [0.1, 0.15) is 64.3 Å².